The summed E-state index contributed by atoms with van der Waals surface area (Å²) in [6, 6.07) is 9.08. The molecule has 24 heavy (non-hydrogen) atoms. The van der Waals surface area contributed by atoms with Gasteiger partial charge in [0.05, 0.1) is 19.1 Å². The Hall–Kier alpha value is -2.68. The molecule has 2 aromatic heterocycles. The second-order valence-corrected chi connectivity index (χ2v) is 5.30. The summed E-state index contributed by atoms with van der Waals surface area (Å²) in [5.74, 6) is 0. The summed E-state index contributed by atoms with van der Waals surface area (Å²) < 4.78 is 39.4. The van der Waals surface area contributed by atoms with Crippen molar-refractivity contribution in [2.45, 2.75) is 25.2 Å². The summed E-state index contributed by atoms with van der Waals surface area (Å²) in [6.07, 6.45) is -5.08. The van der Waals surface area contributed by atoms with Crippen molar-refractivity contribution < 1.29 is 18.3 Å². The predicted octanol–water partition coefficient (Wildman–Crippen LogP) is 1.90. The van der Waals surface area contributed by atoms with Gasteiger partial charge in [0.25, 0.3) is 5.56 Å². The summed E-state index contributed by atoms with van der Waals surface area (Å²) in [6.45, 7) is -0.501. The molecule has 0 aliphatic rings. The Morgan fingerprint density at radius 3 is 2.50 bits per heavy atom. The lowest BCUT2D eigenvalue weighted by Gasteiger charge is -2.14. The minimum atomic E-state index is -4.50. The molecule has 0 aliphatic carbocycles. The highest BCUT2D eigenvalue weighted by atomic mass is 19.4. The largest absolute Gasteiger partial charge is 0.391 e. The molecule has 1 unspecified atom stereocenters. The van der Waals surface area contributed by atoms with Crippen LogP contribution in [0.25, 0.3) is 16.9 Å². The molecule has 3 rings (SSSR count). The van der Waals surface area contributed by atoms with Crippen LogP contribution in [0, 0.1) is 0 Å². The topological polar surface area (TPSA) is 72.9 Å². The van der Waals surface area contributed by atoms with Gasteiger partial charge in [-0.25, -0.2) is 9.97 Å². The highest BCUT2D eigenvalue weighted by molar-refractivity contribution is 5.71. The molecular formula is C15H13F3N4O2. The van der Waals surface area contributed by atoms with Crippen LogP contribution < -0.4 is 5.56 Å². The molecule has 1 atom stereocenters. The van der Waals surface area contributed by atoms with Gasteiger partial charge >= 0.3 is 6.18 Å². The number of imidazole rings is 1. The number of halogens is 3. The van der Waals surface area contributed by atoms with Crippen LogP contribution in [0.2, 0.25) is 0 Å². The van der Waals surface area contributed by atoms with Gasteiger partial charge in [0.15, 0.2) is 11.2 Å². The van der Waals surface area contributed by atoms with Gasteiger partial charge in [-0.3, -0.25) is 13.9 Å². The van der Waals surface area contributed by atoms with E-state index in [4.69, 9.17) is 0 Å². The van der Waals surface area contributed by atoms with Gasteiger partial charge in [0.2, 0.25) is 0 Å². The molecule has 1 aromatic carbocycles. The monoisotopic (exact) mass is 338 g/mol. The molecular weight excluding hydrogens is 325 g/mol. The third kappa shape index (κ3) is 3.30. The third-order valence-electron chi connectivity index (χ3n) is 3.43. The van der Waals surface area contributed by atoms with E-state index in [1.54, 1.807) is 16.7 Å². The molecule has 0 fully saturated rings. The Kier molecular flexibility index (Phi) is 4.10. The zero-order chi connectivity index (χ0) is 17.3. The molecule has 1 N–H and O–H groups in total. The quantitative estimate of drug-likeness (QED) is 0.788. The SMILES string of the molecule is O=c1c2ncn(-c3ccccc3)c2ncn1CC(O)CC(F)(F)F. The van der Waals surface area contributed by atoms with E-state index in [2.05, 4.69) is 9.97 Å². The number of rotatable bonds is 4. The number of hydrogen-bond donors (Lipinski definition) is 1. The average molecular weight is 338 g/mol. The zero-order valence-electron chi connectivity index (χ0n) is 12.3. The maximum atomic E-state index is 12.3. The Morgan fingerprint density at radius 1 is 1.12 bits per heavy atom. The van der Waals surface area contributed by atoms with Crippen molar-refractivity contribution in [1.82, 2.24) is 19.1 Å². The highest BCUT2D eigenvalue weighted by Crippen LogP contribution is 2.22. The zero-order valence-corrected chi connectivity index (χ0v) is 12.3. The van der Waals surface area contributed by atoms with Gasteiger partial charge in [-0.2, -0.15) is 13.2 Å². The van der Waals surface area contributed by atoms with Crippen LogP contribution in [0.5, 0.6) is 0 Å². The van der Waals surface area contributed by atoms with E-state index in [1.165, 1.54) is 6.33 Å². The van der Waals surface area contributed by atoms with E-state index >= 15 is 0 Å². The number of alkyl halides is 3. The Balaban J connectivity index is 1.94. The van der Waals surface area contributed by atoms with Crippen LogP contribution in [0.1, 0.15) is 6.42 Å². The summed E-state index contributed by atoms with van der Waals surface area (Å²) in [4.78, 5) is 20.4. The first-order valence-corrected chi connectivity index (χ1v) is 7.08. The summed E-state index contributed by atoms with van der Waals surface area (Å²) in [5.41, 5.74) is 0.478. The standard InChI is InChI=1S/C15H13F3N4O2/c16-15(17,18)6-11(23)7-21-8-20-13-12(14(21)24)19-9-22(13)10-4-2-1-3-5-10/h1-5,8-9,11,23H,6-7H2. The smallest absolute Gasteiger partial charge is 0.391 e. The van der Waals surface area contributed by atoms with Gasteiger partial charge in [-0.15, -0.1) is 0 Å². The van der Waals surface area contributed by atoms with Crippen molar-refractivity contribution in [3.63, 3.8) is 0 Å². The van der Waals surface area contributed by atoms with E-state index in [0.29, 0.717) is 5.65 Å². The van der Waals surface area contributed by atoms with Crippen LogP contribution in [-0.4, -0.2) is 36.5 Å². The lowest BCUT2D eigenvalue weighted by atomic mass is 10.2. The van der Waals surface area contributed by atoms with Crippen molar-refractivity contribution >= 4 is 11.2 Å². The van der Waals surface area contributed by atoms with Gasteiger partial charge in [0, 0.05) is 5.69 Å². The number of fused-ring (bicyclic) bond motifs is 1. The molecule has 0 amide bonds. The fourth-order valence-electron chi connectivity index (χ4n) is 2.40. The van der Waals surface area contributed by atoms with Crippen molar-refractivity contribution in [1.29, 1.82) is 0 Å². The number of para-hydroxylation sites is 1. The Labute approximate surface area is 133 Å². The number of aliphatic hydroxyl groups is 1. The van der Waals surface area contributed by atoms with Crippen molar-refractivity contribution in [3.05, 3.63) is 53.3 Å². The molecule has 6 nitrogen and oxygen atoms in total. The maximum absolute atomic E-state index is 12.3. The number of aromatic nitrogens is 4. The normalized spacial score (nSPS) is 13.3. The minimum absolute atomic E-state index is 0.0283. The van der Waals surface area contributed by atoms with Crippen LogP contribution in [0.3, 0.4) is 0 Å². The Bertz CT molecular complexity index is 902. The maximum Gasteiger partial charge on any atom is 0.391 e. The Morgan fingerprint density at radius 2 is 1.83 bits per heavy atom. The van der Waals surface area contributed by atoms with Crippen LogP contribution in [0.4, 0.5) is 13.2 Å². The molecule has 0 radical (unpaired) electrons. The van der Waals surface area contributed by atoms with Crippen molar-refractivity contribution in [3.8, 4) is 5.69 Å². The summed E-state index contributed by atoms with van der Waals surface area (Å²) >= 11 is 0. The first-order chi connectivity index (χ1) is 11.3. The molecule has 9 heteroatoms. The molecule has 0 saturated heterocycles. The molecule has 2 heterocycles. The van der Waals surface area contributed by atoms with Gasteiger partial charge < -0.3 is 5.11 Å². The first kappa shape index (κ1) is 16.2. The second kappa shape index (κ2) is 6.08. The number of hydrogen-bond acceptors (Lipinski definition) is 4. The van der Waals surface area contributed by atoms with E-state index < -0.39 is 30.8 Å². The third-order valence-corrected chi connectivity index (χ3v) is 3.43. The predicted molar refractivity (Wildman–Crippen MR) is 79.8 cm³/mol. The number of benzene rings is 1. The lowest BCUT2D eigenvalue weighted by Crippen LogP contribution is -2.30. The first-order valence-electron chi connectivity index (χ1n) is 7.08. The number of aliphatic hydroxyl groups excluding tert-OH is 1. The van der Waals surface area contributed by atoms with E-state index in [-0.39, 0.29) is 5.52 Å². The van der Waals surface area contributed by atoms with Crippen molar-refractivity contribution in [2.24, 2.45) is 0 Å². The molecule has 0 bridgehead atoms. The van der Waals surface area contributed by atoms with Crippen LogP contribution >= 0.6 is 0 Å². The average Bonchev–Trinajstić information content (AvgIpc) is 2.94. The fourth-order valence-corrected chi connectivity index (χ4v) is 2.40. The summed E-state index contributed by atoms with van der Waals surface area (Å²) in [5, 5.41) is 9.48. The molecule has 0 aliphatic heterocycles. The summed E-state index contributed by atoms with van der Waals surface area (Å²) in [7, 11) is 0. The van der Waals surface area contributed by atoms with E-state index in [0.717, 1.165) is 16.6 Å². The van der Waals surface area contributed by atoms with Crippen LogP contribution in [-0.2, 0) is 6.54 Å². The van der Waals surface area contributed by atoms with Crippen molar-refractivity contribution in [2.75, 3.05) is 0 Å². The van der Waals surface area contributed by atoms with E-state index in [9.17, 15) is 23.1 Å². The molecule has 3 aromatic rings. The van der Waals surface area contributed by atoms with Gasteiger partial charge in [0.1, 0.15) is 12.7 Å². The fraction of sp³-hybridized carbons (Fsp3) is 0.267. The lowest BCUT2D eigenvalue weighted by molar-refractivity contribution is -0.154. The molecule has 0 saturated carbocycles. The number of nitrogens with zero attached hydrogens (tertiary/aromatic N) is 4. The van der Waals surface area contributed by atoms with E-state index in [1.807, 2.05) is 18.2 Å². The van der Waals surface area contributed by atoms with Crippen LogP contribution in [0.15, 0.2) is 47.8 Å². The molecule has 0 spiro atoms. The van der Waals surface area contributed by atoms with Gasteiger partial charge in [-0.05, 0) is 12.1 Å². The highest BCUT2D eigenvalue weighted by Gasteiger charge is 2.31. The minimum Gasteiger partial charge on any atom is -0.391 e. The second-order valence-electron chi connectivity index (χ2n) is 5.30. The molecule has 126 valence electrons. The van der Waals surface area contributed by atoms with Gasteiger partial charge in [-0.1, -0.05) is 18.2 Å².